The van der Waals surface area contributed by atoms with Crippen LogP contribution >= 0.6 is 23.4 Å². The fourth-order valence-corrected chi connectivity index (χ4v) is 3.27. The van der Waals surface area contributed by atoms with E-state index in [0.717, 1.165) is 33.5 Å². The summed E-state index contributed by atoms with van der Waals surface area (Å²) in [7, 11) is 0. The van der Waals surface area contributed by atoms with E-state index in [-0.39, 0.29) is 0 Å². The van der Waals surface area contributed by atoms with Crippen molar-refractivity contribution in [2.45, 2.75) is 24.3 Å². The van der Waals surface area contributed by atoms with E-state index in [1.165, 1.54) is 5.56 Å². The first-order chi connectivity index (χ1) is 11.8. The Bertz CT molecular complexity index is 827. The van der Waals surface area contributed by atoms with Gasteiger partial charge in [-0.3, -0.25) is 0 Å². The van der Waals surface area contributed by atoms with Gasteiger partial charge in [0.1, 0.15) is 6.33 Å². The summed E-state index contributed by atoms with van der Waals surface area (Å²) in [6.07, 6.45) is 4.44. The summed E-state index contributed by atoms with van der Waals surface area (Å²) in [5, 5.41) is 14.0. The van der Waals surface area contributed by atoms with E-state index in [1.807, 2.05) is 30.5 Å². The molecule has 0 saturated heterocycles. The van der Waals surface area contributed by atoms with E-state index in [4.69, 9.17) is 11.6 Å². The quantitative estimate of drug-likeness (QED) is 0.476. The van der Waals surface area contributed by atoms with Crippen molar-refractivity contribution in [2.75, 3.05) is 0 Å². The van der Waals surface area contributed by atoms with Gasteiger partial charge in [0.05, 0.1) is 6.21 Å². The molecule has 3 rings (SSSR count). The molecule has 0 aliphatic carbocycles. The highest BCUT2D eigenvalue weighted by molar-refractivity contribution is 7.98. The second-order valence-corrected chi connectivity index (χ2v) is 6.53. The van der Waals surface area contributed by atoms with Gasteiger partial charge in [-0.15, -0.1) is 10.2 Å². The van der Waals surface area contributed by atoms with Crippen LogP contribution in [-0.4, -0.2) is 21.1 Å². The van der Waals surface area contributed by atoms with E-state index in [2.05, 4.69) is 46.5 Å². The SMILES string of the molecule is CCc1ccc(/C=N/n2cnnc2SCc2ccccc2Cl)cc1. The first-order valence-corrected chi connectivity index (χ1v) is 9.02. The number of aryl methyl sites for hydroxylation is 1. The number of halogens is 1. The van der Waals surface area contributed by atoms with Gasteiger partial charge in [-0.05, 0) is 29.2 Å². The molecule has 3 aromatic rings. The summed E-state index contributed by atoms with van der Waals surface area (Å²) in [6, 6.07) is 16.1. The summed E-state index contributed by atoms with van der Waals surface area (Å²) in [6.45, 7) is 2.14. The van der Waals surface area contributed by atoms with Crippen molar-refractivity contribution in [3.63, 3.8) is 0 Å². The van der Waals surface area contributed by atoms with Crippen LogP contribution in [0.4, 0.5) is 0 Å². The molecule has 24 heavy (non-hydrogen) atoms. The predicted octanol–water partition coefficient (Wildman–Crippen LogP) is 4.67. The second kappa shape index (κ2) is 8.13. The Morgan fingerprint density at radius 1 is 1.17 bits per heavy atom. The first kappa shape index (κ1) is 16.7. The Morgan fingerprint density at radius 2 is 1.96 bits per heavy atom. The second-order valence-electron chi connectivity index (χ2n) is 5.18. The molecule has 0 aliphatic heterocycles. The smallest absolute Gasteiger partial charge is 0.195 e. The number of hydrogen-bond donors (Lipinski definition) is 0. The fraction of sp³-hybridized carbons (Fsp3) is 0.167. The first-order valence-electron chi connectivity index (χ1n) is 7.66. The van der Waals surface area contributed by atoms with Gasteiger partial charge < -0.3 is 0 Å². The lowest BCUT2D eigenvalue weighted by atomic mass is 10.1. The molecule has 0 N–H and O–H groups in total. The molecule has 122 valence electrons. The Hall–Kier alpha value is -2.11. The topological polar surface area (TPSA) is 43.1 Å². The Balaban J connectivity index is 1.68. The molecule has 4 nitrogen and oxygen atoms in total. The third kappa shape index (κ3) is 4.24. The maximum Gasteiger partial charge on any atom is 0.212 e. The van der Waals surface area contributed by atoms with Crippen LogP contribution in [0.25, 0.3) is 0 Å². The number of hydrogen-bond acceptors (Lipinski definition) is 4. The van der Waals surface area contributed by atoms with Crippen LogP contribution in [0.1, 0.15) is 23.6 Å². The van der Waals surface area contributed by atoms with Crippen LogP contribution < -0.4 is 0 Å². The maximum atomic E-state index is 6.18. The zero-order valence-electron chi connectivity index (χ0n) is 13.3. The molecule has 0 fully saturated rings. The van der Waals surface area contributed by atoms with Gasteiger partial charge >= 0.3 is 0 Å². The summed E-state index contributed by atoms with van der Waals surface area (Å²) >= 11 is 7.74. The summed E-state index contributed by atoms with van der Waals surface area (Å²) in [5.74, 6) is 0.721. The number of nitrogens with zero attached hydrogens (tertiary/aromatic N) is 4. The third-order valence-electron chi connectivity index (χ3n) is 3.53. The lowest BCUT2D eigenvalue weighted by Gasteiger charge is -2.03. The minimum absolute atomic E-state index is 0.721. The number of aromatic nitrogens is 3. The van der Waals surface area contributed by atoms with Crippen LogP contribution in [0, 0.1) is 0 Å². The van der Waals surface area contributed by atoms with Crippen LogP contribution in [0.3, 0.4) is 0 Å². The number of benzene rings is 2. The molecule has 0 unspecified atom stereocenters. The lowest BCUT2D eigenvalue weighted by molar-refractivity contribution is 0.767. The Labute approximate surface area is 150 Å². The van der Waals surface area contributed by atoms with E-state index in [9.17, 15) is 0 Å². The Morgan fingerprint density at radius 3 is 2.71 bits per heavy atom. The number of rotatable bonds is 6. The zero-order chi connectivity index (χ0) is 16.8. The van der Waals surface area contributed by atoms with Gasteiger partial charge in [0.2, 0.25) is 5.16 Å². The minimum atomic E-state index is 0.721. The molecule has 0 bridgehead atoms. The largest absolute Gasteiger partial charge is 0.212 e. The molecule has 0 radical (unpaired) electrons. The minimum Gasteiger partial charge on any atom is -0.195 e. The summed E-state index contributed by atoms with van der Waals surface area (Å²) in [5.41, 5.74) is 3.42. The zero-order valence-corrected chi connectivity index (χ0v) is 14.8. The van der Waals surface area contributed by atoms with E-state index < -0.39 is 0 Å². The number of thioether (sulfide) groups is 1. The highest BCUT2D eigenvalue weighted by Gasteiger charge is 2.06. The monoisotopic (exact) mass is 356 g/mol. The van der Waals surface area contributed by atoms with Crippen LogP contribution in [0.2, 0.25) is 5.02 Å². The highest BCUT2D eigenvalue weighted by atomic mass is 35.5. The highest BCUT2D eigenvalue weighted by Crippen LogP contribution is 2.25. The molecule has 0 spiro atoms. The van der Waals surface area contributed by atoms with Crippen molar-refractivity contribution < 1.29 is 0 Å². The standard InChI is InChI=1S/C18H17ClN4S/c1-2-14-7-9-15(10-8-14)11-21-23-13-20-22-18(23)24-12-16-5-3-4-6-17(16)19/h3-11,13H,2,12H2,1H3/b21-11+. The van der Waals surface area contributed by atoms with Gasteiger partial charge in [0.15, 0.2) is 0 Å². The molecular formula is C18H17ClN4S. The summed E-state index contributed by atoms with van der Waals surface area (Å²) in [4.78, 5) is 0. The van der Waals surface area contributed by atoms with Crippen LogP contribution in [-0.2, 0) is 12.2 Å². The molecule has 0 aliphatic rings. The molecule has 6 heteroatoms. The molecule has 0 saturated carbocycles. The van der Waals surface area contributed by atoms with Crippen molar-refractivity contribution >= 4 is 29.6 Å². The predicted molar refractivity (Wildman–Crippen MR) is 99.8 cm³/mol. The third-order valence-corrected chi connectivity index (χ3v) is 4.89. The van der Waals surface area contributed by atoms with Crippen molar-refractivity contribution in [3.05, 3.63) is 76.6 Å². The van der Waals surface area contributed by atoms with Gasteiger partial charge in [0.25, 0.3) is 0 Å². The molecule has 0 amide bonds. The van der Waals surface area contributed by atoms with Crippen LogP contribution in [0.15, 0.2) is 65.1 Å². The van der Waals surface area contributed by atoms with Crippen molar-refractivity contribution in [1.29, 1.82) is 0 Å². The molecular weight excluding hydrogens is 340 g/mol. The van der Waals surface area contributed by atoms with Gasteiger partial charge in [-0.1, -0.05) is 72.8 Å². The summed E-state index contributed by atoms with van der Waals surface area (Å²) < 4.78 is 1.68. The molecule has 2 aromatic carbocycles. The van der Waals surface area contributed by atoms with Gasteiger partial charge in [-0.25, -0.2) is 0 Å². The van der Waals surface area contributed by atoms with Crippen molar-refractivity contribution in [2.24, 2.45) is 5.10 Å². The average molecular weight is 357 g/mol. The Kier molecular flexibility index (Phi) is 5.67. The molecule has 1 aromatic heterocycles. The van der Waals surface area contributed by atoms with E-state index in [0.29, 0.717) is 0 Å². The lowest BCUT2D eigenvalue weighted by Crippen LogP contribution is -1.93. The van der Waals surface area contributed by atoms with E-state index in [1.54, 1.807) is 22.8 Å². The van der Waals surface area contributed by atoms with Crippen molar-refractivity contribution in [1.82, 2.24) is 14.9 Å². The average Bonchev–Trinajstić information content (AvgIpc) is 3.07. The van der Waals surface area contributed by atoms with Crippen LogP contribution in [0.5, 0.6) is 0 Å². The fourth-order valence-electron chi connectivity index (χ4n) is 2.12. The van der Waals surface area contributed by atoms with Gasteiger partial charge in [0, 0.05) is 10.8 Å². The maximum absolute atomic E-state index is 6.18. The van der Waals surface area contributed by atoms with Gasteiger partial charge in [-0.2, -0.15) is 9.78 Å². The van der Waals surface area contributed by atoms with E-state index >= 15 is 0 Å². The van der Waals surface area contributed by atoms with Crippen molar-refractivity contribution in [3.8, 4) is 0 Å². The normalized spacial score (nSPS) is 11.2. The molecule has 0 atom stereocenters. The molecule has 1 heterocycles.